The average molecular weight is 403 g/mol. The molecule has 23 heavy (non-hydrogen) atoms. The molecule has 0 aromatic carbocycles. The Morgan fingerprint density at radius 3 is 2.61 bits per heavy atom. The van der Waals surface area contributed by atoms with Crippen LogP contribution in [0.5, 0.6) is 0 Å². The summed E-state index contributed by atoms with van der Waals surface area (Å²) < 4.78 is 11.1. The van der Waals surface area contributed by atoms with Gasteiger partial charge in [-0.05, 0) is 35.0 Å². The lowest BCUT2D eigenvalue weighted by Crippen LogP contribution is -2.47. The molecule has 1 aromatic rings. The topological polar surface area (TPSA) is 59.1 Å². The lowest BCUT2D eigenvalue weighted by molar-refractivity contribution is -0.141. The number of thiophene rings is 1. The van der Waals surface area contributed by atoms with Crippen LogP contribution in [0.25, 0.3) is 0 Å². The summed E-state index contributed by atoms with van der Waals surface area (Å²) in [6, 6.07) is 3.19. The van der Waals surface area contributed by atoms with Crippen LogP contribution in [0.15, 0.2) is 27.2 Å². The Kier molecular flexibility index (Phi) is 5.83. The van der Waals surface area contributed by atoms with Crippen molar-refractivity contribution in [2.75, 3.05) is 34.4 Å². The second kappa shape index (κ2) is 7.46. The Morgan fingerprint density at radius 1 is 1.35 bits per heavy atom. The molecule has 1 aliphatic rings. The van der Waals surface area contributed by atoms with Gasteiger partial charge in [0.2, 0.25) is 0 Å². The zero-order valence-corrected chi connectivity index (χ0v) is 15.9. The molecule has 0 unspecified atom stereocenters. The Balaban J connectivity index is 2.42. The minimum Gasteiger partial charge on any atom is -0.460 e. The molecule has 2 rings (SSSR count). The van der Waals surface area contributed by atoms with E-state index in [0.29, 0.717) is 17.9 Å². The number of esters is 1. The van der Waals surface area contributed by atoms with Crippen LogP contribution in [0.3, 0.4) is 0 Å². The highest BCUT2D eigenvalue weighted by atomic mass is 79.9. The third-order valence-electron chi connectivity index (χ3n) is 3.75. The molecule has 1 aromatic heterocycles. The fourth-order valence-electron chi connectivity index (χ4n) is 2.43. The molecule has 1 aliphatic heterocycles. The summed E-state index contributed by atoms with van der Waals surface area (Å²) in [4.78, 5) is 28.9. The number of hydrogen-bond donors (Lipinski definition) is 0. The number of hydrogen-bond acceptors (Lipinski definition) is 5. The highest BCUT2D eigenvalue weighted by Crippen LogP contribution is 2.40. The summed E-state index contributed by atoms with van der Waals surface area (Å²) in [6.45, 7) is 2.26. The molecular formula is C15H19BrN2O4S. The van der Waals surface area contributed by atoms with Crippen molar-refractivity contribution < 1.29 is 19.1 Å². The van der Waals surface area contributed by atoms with Crippen molar-refractivity contribution >= 4 is 39.3 Å². The number of methoxy groups -OCH3 is 1. The monoisotopic (exact) mass is 402 g/mol. The molecule has 2 heterocycles. The number of carbonyl (C=O) groups excluding carboxylic acids is 2. The number of urea groups is 1. The predicted octanol–water partition coefficient (Wildman–Crippen LogP) is 3.01. The van der Waals surface area contributed by atoms with Crippen LogP contribution in [-0.2, 0) is 14.3 Å². The first-order valence-corrected chi connectivity index (χ1v) is 8.62. The number of rotatable bonds is 5. The van der Waals surface area contributed by atoms with Gasteiger partial charge in [-0.3, -0.25) is 0 Å². The Morgan fingerprint density at radius 2 is 2.04 bits per heavy atom. The third-order valence-corrected chi connectivity index (χ3v) is 5.42. The summed E-state index contributed by atoms with van der Waals surface area (Å²) in [6.07, 6.45) is 0. The molecule has 0 N–H and O–H groups in total. The molecule has 0 fully saturated rings. The Bertz CT molecular complexity index is 643. The van der Waals surface area contributed by atoms with Crippen molar-refractivity contribution in [1.29, 1.82) is 0 Å². The molecule has 0 aliphatic carbocycles. The second-order valence-corrected chi connectivity index (χ2v) is 7.62. The fourth-order valence-corrected chi connectivity index (χ4v) is 4.00. The largest absolute Gasteiger partial charge is 0.460 e. The van der Waals surface area contributed by atoms with E-state index in [0.717, 1.165) is 8.66 Å². The highest BCUT2D eigenvalue weighted by molar-refractivity contribution is 9.11. The summed E-state index contributed by atoms with van der Waals surface area (Å²) in [5, 5.41) is 0. The van der Waals surface area contributed by atoms with Crippen LogP contribution in [0, 0.1) is 0 Å². The molecule has 0 bridgehead atoms. The molecule has 0 saturated carbocycles. The smallest absolute Gasteiger partial charge is 0.338 e. The van der Waals surface area contributed by atoms with Gasteiger partial charge in [0.25, 0.3) is 0 Å². The third kappa shape index (κ3) is 3.59. The zero-order valence-electron chi connectivity index (χ0n) is 13.5. The number of likely N-dealkylation sites (N-methyl/N-ethyl adjacent to an activating group) is 1. The van der Waals surface area contributed by atoms with Crippen LogP contribution in [0.4, 0.5) is 4.79 Å². The number of amides is 2. The summed E-state index contributed by atoms with van der Waals surface area (Å²) in [5.74, 6) is -0.430. The van der Waals surface area contributed by atoms with E-state index in [1.54, 1.807) is 33.0 Å². The number of ether oxygens (including phenoxy) is 2. The van der Waals surface area contributed by atoms with Gasteiger partial charge in [0.05, 0.1) is 16.0 Å². The van der Waals surface area contributed by atoms with Crippen LogP contribution in [0.1, 0.15) is 17.8 Å². The maximum absolute atomic E-state index is 12.6. The number of halogens is 1. The zero-order chi connectivity index (χ0) is 17.1. The van der Waals surface area contributed by atoms with Gasteiger partial charge in [0.1, 0.15) is 12.6 Å². The summed E-state index contributed by atoms with van der Waals surface area (Å²) in [7, 11) is 4.88. The molecule has 1 atom stereocenters. The molecule has 8 heteroatoms. The van der Waals surface area contributed by atoms with Gasteiger partial charge >= 0.3 is 12.0 Å². The maximum atomic E-state index is 12.6. The normalized spacial score (nSPS) is 18.7. The first kappa shape index (κ1) is 18.0. The van der Waals surface area contributed by atoms with Gasteiger partial charge in [-0.1, -0.05) is 0 Å². The Labute approximate surface area is 147 Å². The Hall–Kier alpha value is -1.38. The van der Waals surface area contributed by atoms with Crippen molar-refractivity contribution in [1.82, 2.24) is 9.80 Å². The average Bonchev–Trinajstić information content (AvgIpc) is 2.94. The molecule has 2 amide bonds. The van der Waals surface area contributed by atoms with E-state index in [2.05, 4.69) is 15.9 Å². The van der Waals surface area contributed by atoms with Gasteiger partial charge < -0.3 is 19.3 Å². The lowest BCUT2D eigenvalue weighted by atomic mass is 9.99. The summed E-state index contributed by atoms with van der Waals surface area (Å²) >= 11 is 4.92. The number of carbonyl (C=O) groups is 2. The quantitative estimate of drug-likeness (QED) is 0.560. The number of nitrogens with zero attached hydrogens (tertiary/aromatic N) is 2. The van der Waals surface area contributed by atoms with E-state index in [4.69, 9.17) is 9.47 Å². The van der Waals surface area contributed by atoms with E-state index < -0.39 is 12.0 Å². The maximum Gasteiger partial charge on any atom is 0.338 e. The molecule has 126 valence electrons. The van der Waals surface area contributed by atoms with Crippen molar-refractivity contribution in [3.8, 4) is 0 Å². The lowest BCUT2D eigenvalue weighted by Gasteiger charge is -2.38. The summed E-state index contributed by atoms with van der Waals surface area (Å²) in [5.41, 5.74) is 1.07. The number of allylic oxidation sites excluding steroid dienone is 1. The van der Waals surface area contributed by atoms with Gasteiger partial charge in [-0.15, -0.1) is 11.3 Å². The fraction of sp³-hybridized carbons (Fsp3) is 0.467. The van der Waals surface area contributed by atoms with Gasteiger partial charge in [0, 0.05) is 31.8 Å². The second-order valence-electron chi connectivity index (χ2n) is 5.12. The minimum atomic E-state index is -0.454. The van der Waals surface area contributed by atoms with Gasteiger partial charge in [0.15, 0.2) is 0 Å². The minimum absolute atomic E-state index is 0.162. The van der Waals surface area contributed by atoms with Crippen molar-refractivity contribution in [3.63, 3.8) is 0 Å². The van der Waals surface area contributed by atoms with E-state index >= 15 is 0 Å². The van der Waals surface area contributed by atoms with Gasteiger partial charge in [-0.25, -0.2) is 9.59 Å². The standard InChI is InChI=1S/C15H19BrN2O4S/c1-9-12(14(19)22-8-7-21-4)13(10-5-6-11(16)23-10)18(3)15(20)17(9)2/h5-6,13H,7-8H2,1-4H3/t13-/m1/s1. The van der Waals surface area contributed by atoms with Crippen LogP contribution >= 0.6 is 27.3 Å². The van der Waals surface area contributed by atoms with Crippen LogP contribution < -0.4 is 0 Å². The van der Waals surface area contributed by atoms with Crippen molar-refractivity contribution in [3.05, 3.63) is 32.1 Å². The van der Waals surface area contributed by atoms with Gasteiger partial charge in [-0.2, -0.15) is 0 Å². The highest BCUT2D eigenvalue weighted by Gasteiger charge is 2.39. The van der Waals surface area contributed by atoms with Crippen molar-refractivity contribution in [2.45, 2.75) is 13.0 Å². The SMILES string of the molecule is COCCOC(=O)C1=C(C)N(C)C(=O)N(C)[C@@H]1c1ccc(Br)s1. The van der Waals surface area contributed by atoms with E-state index in [1.165, 1.54) is 16.2 Å². The van der Waals surface area contributed by atoms with Crippen LogP contribution in [0.2, 0.25) is 0 Å². The molecule has 6 nitrogen and oxygen atoms in total. The van der Waals surface area contributed by atoms with E-state index in [9.17, 15) is 9.59 Å². The predicted molar refractivity (Wildman–Crippen MR) is 91.2 cm³/mol. The van der Waals surface area contributed by atoms with Crippen LogP contribution in [-0.4, -0.2) is 56.2 Å². The molecule has 0 spiro atoms. The first-order chi connectivity index (χ1) is 10.9. The molecule has 0 saturated heterocycles. The van der Waals surface area contributed by atoms with Crippen molar-refractivity contribution in [2.24, 2.45) is 0 Å². The first-order valence-electron chi connectivity index (χ1n) is 7.01. The molecular weight excluding hydrogens is 384 g/mol. The van der Waals surface area contributed by atoms with E-state index in [-0.39, 0.29) is 12.6 Å². The molecule has 0 radical (unpaired) electrons. The van der Waals surface area contributed by atoms with E-state index in [1.807, 2.05) is 12.1 Å².